The quantitative estimate of drug-likeness (QED) is 0.743. The van der Waals surface area contributed by atoms with Crippen LogP contribution >= 0.6 is 0 Å². The Labute approximate surface area is 82.8 Å². The summed E-state index contributed by atoms with van der Waals surface area (Å²) in [7, 11) is 0. The van der Waals surface area contributed by atoms with Gasteiger partial charge in [-0.1, -0.05) is 30.3 Å². The van der Waals surface area contributed by atoms with E-state index in [2.05, 4.69) is 17.1 Å². The molecule has 0 aliphatic rings. The minimum Gasteiger partial charge on any atom is -0.334 e. The highest BCUT2D eigenvalue weighted by Gasteiger charge is 2.06. The van der Waals surface area contributed by atoms with E-state index in [0.29, 0.717) is 5.89 Å². The molecule has 0 atom stereocenters. The van der Waals surface area contributed by atoms with Gasteiger partial charge in [-0.05, 0) is 18.6 Å². The fraction of sp³-hybridized carbons (Fsp3) is 0.273. The predicted molar refractivity (Wildman–Crippen MR) is 53.7 cm³/mol. The van der Waals surface area contributed by atoms with Gasteiger partial charge in [0.2, 0.25) is 0 Å². The zero-order valence-corrected chi connectivity index (χ0v) is 8.10. The second kappa shape index (κ2) is 4.05. The van der Waals surface area contributed by atoms with Gasteiger partial charge in [-0.25, -0.2) is 0 Å². The molecular weight excluding hydrogens is 176 g/mol. The second-order valence-electron chi connectivity index (χ2n) is 3.13. The molecular formula is C11H12N2O. The van der Waals surface area contributed by atoms with Crippen molar-refractivity contribution in [3.05, 3.63) is 36.2 Å². The number of benzene rings is 1. The summed E-state index contributed by atoms with van der Waals surface area (Å²) >= 11 is 0. The van der Waals surface area contributed by atoms with Crippen LogP contribution in [0.1, 0.15) is 19.2 Å². The second-order valence-corrected chi connectivity index (χ2v) is 3.13. The monoisotopic (exact) mass is 188 g/mol. The molecule has 0 spiro atoms. The fourth-order valence-electron chi connectivity index (χ4n) is 1.28. The highest BCUT2D eigenvalue weighted by Crippen LogP contribution is 2.16. The Balaban J connectivity index is 2.25. The van der Waals surface area contributed by atoms with Crippen molar-refractivity contribution in [3.63, 3.8) is 0 Å². The molecule has 3 nitrogen and oxygen atoms in total. The van der Waals surface area contributed by atoms with Crippen LogP contribution in [0.15, 0.2) is 34.9 Å². The van der Waals surface area contributed by atoms with Gasteiger partial charge in [-0.2, -0.15) is 4.98 Å². The first-order valence-electron chi connectivity index (χ1n) is 4.78. The number of hydrogen-bond acceptors (Lipinski definition) is 3. The summed E-state index contributed by atoms with van der Waals surface area (Å²) in [6.07, 6.45) is 1.91. The predicted octanol–water partition coefficient (Wildman–Crippen LogP) is 2.69. The third-order valence-electron chi connectivity index (χ3n) is 1.96. The van der Waals surface area contributed by atoms with E-state index in [4.69, 9.17) is 4.52 Å². The van der Waals surface area contributed by atoms with Crippen molar-refractivity contribution in [2.75, 3.05) is 0 Å². The topological polar surface area (TPSA) is 38.9 Å². The van der Waals surface area contributed by atoms with Crippen LogP contribution in [0.4, 0.5) is 0 Å². The van der Waals surface area contributed by atoms with E-state index in [-0.39, 0.29) is 0 Å². The Morgan fingerprint density at radius 1 is 1.21 bits per heavy atom. The number of nitrogens with zero attached hydrogens (tertiary/aromatic N) is 2. The lowest BCUT2D eigenvalue weighted by atomic mass is 10.2. The first-order valence-corrected chi connectivity index (χ1v) is 4.78. The smallest absolute Gasteiger partial charge is 0.257 e. The summed E-state index contributed by atoms with van der Waals surface area (Å²) in [5.41, 5.74) is 0.974. The molecule has 72 valence electrons. The van der Waals surface area contributed by atoms with Gasteiger partial charge in [0, 0.05) is 12.0 Å². The molecule has 2 aromatic rings. The lowest BCUT2D eigenvalue weighted by Crippen LogP contribution is -1.85. The van der Waals surface area contributed by atoms with E-state index in [0.717, 1.165) is 24.2 Å². The Hall–Kier alpha value is -1.64. The molecule has 0 amide bonds. The normalized spacial score (nSPS) is 10.4. The van der Waals surface area contributed by atoms with Gasteiger partial charge in [-0.15, -0.1) is 0 Å². The minimum absolute atomic E-state index is 0.606. The molecule has 0 saturated heterocycles. The van der Waals surface area contributed by atoms with Crippen LogP contribution in [-0.4, -0.2) is 10.1 Å². The van der Waals surface area contributed by atoms with Gasteiger partial charge in [-0.3, -0.25) is 0 Å². The van der Waals surface area contributed by atoms with Gasteiger partial charge < -0.3 is 4.52 Å². The van der Waals surface area contributed by atoms with Crippen LogP contribution in [0, 0.1) is 0 Å². The van der Waals surface area contributed by atoms with Gasteiger partial charge in [0.05, 0.1) is 0 Å². The molecule has 0 saturated carbocycles. The molecule has 14 heavy (non-hydrogen) atoms. The van der Waals surface area contributed by atoms with Crippen LogP contribution in [0.3, 0.4) is 0 Å². The SMILES string of the molecule is CCCc1noc(-c2ccccc2)n1. The summed E-state index contributed by atoms with van der Waals surface area (Å²) in [5.74, 6) is 1.39. The maximum atomic E-state index is 5.14. The largest absolute Gasteiger partial charge is 0.334 e. The summed E-state index contributed by atoms with van der Waals surface area (Å²) in [6, 6.07) is 9.80. The van der Waals surface area contributed by atoms with Gasteiger partial charge in [0.15, 0.2) is 5.82 Å². The van der Waals surface area contributed by atoms with Crippen molar-refractivity contribution in [3.8, 4) is 11.5 Å². The van der Waals surface area contributed by atoms with Crippen molar-refractivity contribution in [2.24, 2.45) is 0 Å². The van der Waals surface area contributed by atoms with Crippen LogP contribution < -0.4 is 0 Å². The van der Waals surface area contributed by atoms with Crippen LogP contribution in [0.5, 0.6) is 0 Å². The molecule has 1 aromatic carbocycles. The van der Waals surface area contributed by atoms with Crippen LogP contribution in [-0.2, 0) is 6.42 Å². The van der Waals surface area contributed by atoms with E-state index < -0.39 is 0 Å². The molecule has 0 bridgehead atoms. The molecule has 0 N–H and O–H groups in total. The highest BCUT2D eigenvalue weighted by atomic mass is 16.5. The summed E-state index contributed by atoms with van der Waals surface area (Å²) in [6.45, 7) is 2.10. The van der Waals surface area contributed by atoms with Crippen molar-refractivity contribution < 1.29 is 4.52 Å². The highest BCUT2D eigenvalue weighted by molar-refractivity contribution is 5.51. The summed E-state index contributed by atoms with van der Waals surface area (Å²) in [5, 5.41) is 3.90. The van der Waals surface area contributed by atoms with Crippen molar-refractivity contribution in [1.29, 1.82) is 0 Å². The zero-order valence-electron chi connectivity index (χ0n) is 8.10. The van der Waals surface area contributed by atoms with Gasteiger partial charge >= 0.3 is 0 Å². The summed E-state index contributed by atoms with van der Waals surface area (Å²) in [4.78, 5) is 4.29. The molecule has 0 radical (unpaired) electrons. The minimum atomic E-state index is 0.606. The Bertz CT molecular complexity index is 395. The van der Waals surface area contributed by atoms with E-state index in [9.17, 15) is 0 Å². The molecule has 1 aromatic heterocycles. The van der Waals surface area contributed by atoms with E-state index in [1.54, 1.807) is 0 Å². The number of rotatable bonds is 3. The number of hydrogen-bond donors (Lipinski definition) is 0. The Kier molecular flexibility index (Phi) is 2.58. The molecule has 0 aliphatic carbocycles. The standard InChI is InChI=1S/C11H12N2O/c1-2-6-10-12-11(14-13-10)9-7-4-3-5-8-9/h3-5,7-8H,2,6H2,1H3. The average molecular weight is 188 g/mol. The van der Waals surface area contributed by atoms with Crippen molar-refractivity contribution in [2.45, 2.75) is 19.8 Å². The summed E-state index contributed by atoms with van der Waals surface area (Å²) < 4.78 is 5.14. The molecule has 3 heteroatoms. The third kappa shape index (κ3) is 1.82. The molecule has 0 unspecified atom stereocenters. The molecule has 2 rings (SSSR count). The van der Waals surface area contributed by atoms with Crippen molar-refractivity contribution in [1.82, 2.24) is 10.1 Å². The first-order chi connectivity index (χ1) is 6.90. The van der Waals surface area contributed by atoms with E-state index in [1.165, 1.54) is 0 Å². The zero-order chi connectivity index (χ0) is 9.80. The first kappa shape index (κ1) is 8.94. The molecule has 1 heterocycles. The van der Waals surface area contributed by atoms with Crippen LogP contribution in [0.2, 0.25) is 0 Å². The van der Waals surface area contributed by atoms with Crippen molar-refractivity contribution >= 4 is 0 Å². The number of aromatic nitrogens is 2. The third-order valence-corrected chi connectivity index (χ3v) is 1.96. The Morgan fingerprint density at radius 2 is 2.00 bits per heavy atom. The lowest BCUT2D eigenvalue weighted by Gasteiger charge is -1.90. The van der Waals surface area contributed by atoms with Gasteiger partial charge in [0.1, 0.15) is 0 Å². The average Bonchev–Trinajstić information content (AvgIpc) is 2.68. The van der Waals surface area contributed by atoms with Crippen LogP contribution in [0.25, 0.3) is 11.5 Å². The van der Waals surface area contributed by atoms with E-state index >= 15 is 0 Å². The Morgan fingerprint density at radius 3 is 2.71 bits per heavy atom. The maximum Gasteiger partial charge on any atom is 0.257 e. The molecule has 0 aliphatic heterocycles. The fourth-order valence-corrected chi connectivity index (χ4v) is 1.28. The van der Waals surface area contributed by atoms with E-state index in [1.807, 2.05) is 30.3 Å². The maximum absolute atomic E-state index is 5.14. The molecule has 0 fully saturated rings. The lowest BCUT2D eigenvalue weighted by molar-refractivity contribution is 0.422. The number of aryl methyl sites for hydroxylation is 1. The van der Waals surface area contributed by atoms with Gasteiger partial charge in [0.25, 0.3) is 5.89 Å².